The minimum Gasteiger partial charge on any atom is -0.457 e. The van der Waals surface area contributed by atoms with Crippen LogP contribution in [0.25, 0.3) is 11.3 Å². The van der Waals surface area contributed by atoms with Crippen LogP contribution >= 0.6 is 0 Å². The van der Waals surface area contributed by atoms with E-state index in [1.165, 1.54) is 0 Å². The number of aromatic nitrogens is 2. The Bertz CT molecular complexity index is 1410. The summed E-state index contributed by atoms with van der Waals surface area (Å²) in [5.41, 5.74) is 2.67. The summed E-state index contributed by atoms with van der Waals surface area (Å²) in [6.07, 6.45) is 7.15. The maximum absolute atomic E-state index is 13.0. The molecule has 0 radical (unpaired) electrons. The van der Waals surface area contributed by atoms with E-state index >= 15 is 0 Å². The van der Waals surface area contributed by atoms with E-state index < -0.39 is 0 Å². The Morgan fingerprint density at radius 2 is 1.93 bits per heavy atom. The van der Waals surface area contributed by atoms with Gasteiger partial charge in [0, 0.05) is 55.8 Å². The maximum Gasteiger partial charge on any atom is 0.246 e. The van der Waals surface area contributed by atoms with Gasteiger partial charge in [-0.05, 0) is 70.1 Å². The first-order chi connectivity index (χ1) is 19.9. The number of hydrogen-bond donors (Lipinski definition) is 1. The number of ether oxygens (including phenoxy) is 2. The number of benzene rings is 2. The monoisotopic (exact) mass is 554 g/mol. The lowest BCUT2D eigenvalue weighted by Gasteiger charge is -2.21. The number of likely N-dealkylation sites (tertiary alicyclic amines) is 1. The average Bonchev–Trinajstić information content (AvgIpc) is 3.74. The largest absolute Gasteiger partial charge is 0.457 e. The predicted octanol–water partition coefficient (Wildman–Crippen LogP) is 5.50. The van der Waals surface area contributed by atoms with Crippen LogP contribution < -0.4 is 4.74 Å². The van der Waals surface area contributed by atoms with Crippen LogP contribution in [0.1, 0.15) is 38.3 Å². The standard InChI is InChI=1S/C32H38N6O3/c1-4-34-32-30(23(2)33)31(24-12-14-28(15-13-24)41-27-9-6-5-7-10-27)35-38(32)25-16-19-37(21-25)29(39)11-8-18-36(3)26-17-20-40-22-26/h4-15,25-26,33H,16-22H2,1-3H3. The van der Waals surface area contributed by atoms with Gasteiger partial charge in [0.15, 0.2) is 5.82 Å². The number of para-hydroxylation sites is 1. The maximum atomic E-state index is 13.0. The molecule has 9 nitrogen and oxygen atoms in total. The number of carbonyl (C=O) groups is 1. The summed E-state index contributed by atoms with van der Waals surface area (Å²) in [5, 5.41) is 13.5. The first-order valence-electron chi connectivity index (χ1n) is 14.2. The predicted molar refractivity (Wildman–Crippen MR) is 162 cm³/mol. The van der Waals surface area contributed by atoms with Gasteiger partial charge in [-0.25, -0.2) is 9.67 Å². The summed E-state index contributed by atoms with van der Waals surface area (Å²) in [6, 6.07) is 17.8. The molecule has 1 N–H and O–H groups in total. The Kier molecular flexibility index (Phi) is 9.06. The molecule has 214 valence electrons. The molecule has 2 aliphatic rings. The molecule has 2 atom stereocenters. The van der Waals surface area contributed by atoms with Gasteiger partial charge in [-0.1, -0.05) is 24.3 Å². The number of likely N-dealkylation sites (N-methyl/N-ethyl adjacent to an activating group) is 1. The summed E-state index contributed by atoms with van der Waals surface area (Å²) in [5.74, 6) is 2.15. The first-order valence-corrected chi connectivity index (χ1v) is 14.2. The van der Waals surface area contributed by atoms with Gasteiger partial charge in [-0.3, -0.25) is 9.69 Å². The molecule has 1 aromatic heterocycles. The van der Waals surface area contributed by atoms with Crippen LogP contribution in [-0.2, 0) is 9.53 Å². The molecule has 41 heavy (non-hydrogen) atoms. The van der Waals surface area contributed by atoms with Crippen molar-refractivity contribution in [3.8, 4) is 22.8 Å². The van der Waals surface area contributed by atoms with Gasteiger partial charge in [0.25, 0.3) is 0 Å². The van der Waals surface area contributed by atoms with Gasteiger partial charge in [-0.15, -0.1) is 0 Å². The van der Waals surface area contributed by atoms with E-state index in [1.807, 2.05) is 77.2 Å². The van der Waals surface area contributed by atoms with Crippen molar-refractivity contribution in [3.63, 3.8) is 0 Å². The number of aliphatic imine (C=N–C) groups is 1. The van der Waals surface area contributed by atoms with Crippen LogP contribution in [0, 0.1) is 5.41 Å². The molecule has 0 spiro atoms. The van der Waals surface area contributed by atoms with Gasteiger partial charge in [0.05, 0.1) is 18.2 Å². The molecule has 0 aliphatic carbocycles. The molecule has 3 heterocycles. The first kappa shape index (κ1) is 28.4. The van der Waals surface area contributed by atoms with E-state index in [1.54, 1.807) is 19.2 Å². The van der Waals surface area contributed by atoms with Crippen LogP contribution in [0.2, 0.25) is 0 Å². The summed E-state index contributed by atoms with van der Waals surface area (Å²) >= 11 is 0. The second-order valence-corrected chi connectivity index (χ2v) is 10.5. The highest BCUT2D eigenvalue weighted by molar-refractivity contribution is 6.06. The van der Waals surface area contributed by atoms with E-state index in [4.69, 9.17) is 20.0 Å². The zero-order valence-electron chi connectivity index (χ0n) is 24.0. The van der Waals surface area contributed by atoms with Crippen LogP contribution in [0.3, 0.4) is 0 Å². The second-order valence-electron chi connectivity index (χ2n) is 10.5. The molecule has 5 rings (SSSR count). The molecule has 9 heteroatoms. The molecule has 2 fully saturated rings. The van der Waals surface area contributed by atoms with E-state index in [-0.39, 0.29) is 11.9 Å². The van der Waals surface area contributed by atoms with E-state index in [0.717, 1.165) is 43.1 Å². The fourth-order valence-corrected chi connectivity index (χ4v) is 5.36. The SMILES string of the molecule is CC=Nc1c(C(C)=N)c(-c2ccc(Oc3ccccc3)cc2)nn1C1CCN(C(=O)C=CCN(C)C2CCOC2)C1. The summed E-state index contributed by atoms with van der Waals surface area (Å²) < 4.78 is 13.3. The number of nitrogens with one attached hydrogen (secondary N) is 1. The Hall–Kier alpha value is -4.08. The Labute approximate surface area is 241 Å². The fraction of sp³-hybridized carbons (Fsp3) is 0.375. The lowest BCUT2D eigenvalue weighted by Crippen LogP contribution is -2.32. The van der Waals surface area contributed by atoms with E-state index in [0.29, 0.717) is 48.5 Å². The zero-order valence-corrected chi connectivity index (χ0v) is 24.0. The van der Waals surface area contributed by atoms with Crippen LogP contribution in [-0.4, -0.2) is 83.4 Å². The van der Waals surface area contributed by atoms with Crippen molar-refractivity contribution < 1.29 is 14.3 Å². The van der Waals surface area contributed by atoms with Crippen molar-refractivity contribution in [1.29, 1.82) is 5.41 Å². The normalized spacial score (nSPS) is 19.2. The highest BCUT2D eigenvalue weighted by Crippen LogP contribution is 2.36. The summed E-state index contributed by atoms with van der Waals surface area (Å²) in [7, 11) is 2.07. The lowest BCUT2D eigenvalue weighted by molar-refractivity contribution is -0.125. The van der Waals surface area contributed by atoms with Gasteiger partial charge in [-0.2, -0.15) is 5.10 Å². The third-order valence-corrected chi connectivity index (χ3v) is 7.62. The second kappa shape index (κ2) is 13.1. The smallest absolute Gasteiger partial charge is 0.246 e. The van der Waals surface area contributed by atoms with Crippen molar-refractivity contribution in [1.82, 2.24) is 19.6 Å². The highest BCUT2D eigenvalue weighted by Gasteiger charge is 2.31. The molecule has 2 aromatic carbocycles. The molecule has 2 aliphatic heterocycles. The van der Waals surface area contributed by atoms with E-state index in [9.17, 15) is 4.79 Å². The number of nitrogens with zero attached hydrogens (tertiary/aromatic N) is 5. The van der Waals surface area contributed by atoms with Crippen molar-refractivity contribution in [2.75, 3.05) is 39.9 Å². The molecule has 2 saturated heterocycles. The third-order valence-electron chi connectivity index (χ3n) is 7.62. The Balaban J connectivity index is 1.32. The molecule has 1 amide bonds. The van der Waals surface area contributed by atoms with Crippen LogP contribution in [0.5, 0.6) is 11.5 Å². The topological polar surface area (TPSA) is 96.0 Å². The van der Waals surface area contributed by atoms with Crippen molar-refractivity contribution in [2.24, 2.45) is 4.99 Å². The fourth-order valence-electron chi connectivity index (χ4n) is 5.36. The number of carbonyl (C=O) groups excluding carboxylic acids is 1. The van der Waals surface area contributed by atoms with Gasteiger partial charge in [0.1, 0.15) is 17.2 Å². The number of rotatable bonds is 10. The third kappa shape index (κ3) is 6.64. The molecule has 2 unspecified atom stereocenters. The molecule has 3 aromatic rings. The van der Waals surface area contributed by atoms with Gasteiger partial charge < -0.3 is 19.8 Å². The zero-order chi connectivity index (χ0) is 28.8. The van der Waals surface area contributed by atoms with Crippen molar-refractivity contribution in [2.45, 2.75) is 38.8 Å². The van der Waals surface area contributed by atoms with Crippen LogP contribution in [0.4, 0.5) is 5.82 Å². The van der Waals surface area contributed by atoms with E-state index in [2.05, 4.69) is 16.9 Å². The van der Waals surface area contributed by atoms with Gasteiger partial charge >= 0.3 is 0 Å². The van der Waals surface area contributed by atoms with Gasteiger partial charge in [0.2, 0.25) is 5.91 Å². The Morgan fingerprint density at radius 1 is 1.17 bits per heavy atom. The number of amides is 1. The minimum absolute atomic E-state index is 0.00829. The van der Waals surface area contributed by atoms with Crippen molar-refractivity contribution >= 4 is 23.7 Å². The summed E-state index contributed by atoms with van der Waals surface area (Å²) in [4.78, 5) is 21.7. The molecular weight excluding hydrogens is 516 g/mol. The Morgan fingerprint density at radius 3 is 2.61 bits per heavy atom. The molecule has 0 saturated carbocycles. The molecular formula is C32H38N6O3. The average molecular weight is 555 g/mol. The highest BCUT2D eigenvalue weighted by atomic mass is 16.5. The van der Waals surface area contributed by atoms with Crippen molar-refractivity contribution in [3.05, 3.63) is 72.3 Å². The quantitative estimate of drug-likeness (QED) is 0.264. The van der Waals surface area contributed by atoms with Crippen LogP contribution in [0.15, 0.2) is 71.7 Å². The summed E-state index contributed by atoms with van der Waals surface area (Å²) in [6.45, 7) is 7.09. The minimum atomic E-state index is -0.0306. The molecule has 0 bridgehead atoms. The number of hydrogen-bond acceptors (Lipinski definition) is 7. The lowest BCUT2D eigenvalue weighted by atomic mass is 10.0.